The zero-order valence-corrected chi connectivity index (χ0v) is 12.4. The second kappa shape index (κ2) is 7.73. The van der Waals surface area contributed by atoms with Gasteiger partial charge in [-0.2, -0.15) is 11.8 Å². The molecule has 0 aromatic heterocycles. The van der Waals surface area contributed by atoms with E-state index >= 15 is 0 Å². The third kappa shape index (κ3) is 4.86. The second-order valence-electron chi connectivity index (χ2n) is 5.21. The van der Waals surface area contributed by atoms with Crippen LogP contribution in [0.15, 0.2) is 0 Å². The molecule has 1 unspecified atom stereocenters. The molecule has 1 atom stereocenters. The van der Waals surface area contributed by atoms with Gasteiger partial charge in [0.2, 0.25) is 0 Å². The van der Waals surface area contributed by atoms with Crippen molar-refractivity contribution in [2.45, 2.75) is 37.0 Å². The quantitative estimate of drug-likeness (QED) is 0.796. The predicted octanol–water partition coefficient (Wildman–Crippen LogP) is 1.16. The summed E-state index contributed by atoms with van der Waals surface area (Å²) in [4.78, 5) is 24.2. The molecule has 0 bridgehead atoms. The van der Waals surface area contributed by atoms with Gasteiger partial charge in [-0.15, -0.1) is 0 Å². The van der Waals surface area contributed by atoms with Gasteiger partial charge >= 0.3 is 12.0 Å². The van der Waals surface area contributed by atoms with Gasteiger partial charge in [-0.3, -0.25) is 0 Å². The monoisotopic (exact) mass is 302 g/mol. The van der Waals surface area contributed by atoms with E-state index in [2.05, 4.69) is 5.32 Å². The Morgan fingerprint density at radius 1 is 1.30 bits per heavy atom. The van der Waals surface area contributed by atoms with Crippen molar-refractivity contribution in [3.8, 4) is 0 Å². The number of urea groups is 1. The fourth-order valence-electron chi connectivity index (χ4n) is 2.53. The molecule has 20 heavy (non-hydrogen) atoms. The van der Waals surface area contributed by atoms with Crippen molar-refractivity contribution in [3.63, 3.8) is 0 Å². The van der Waals surface area contributed by atoms with Crippen LogP contribution in [0.4, 0.5) is 4.79 Å². The Bertz CT molecular complexity index is 339. The maximum atomic E-state index is 12.0. The van der Waals surface area contributed by atoms with Crippen LogP contribution < -0.4 is 5.32 Å². The second-order valence-corrected chi connectivity index (χ2v) is 6.62. The molecule has 2 aliphatic heterocycles. The maximum Gasteiger partial charge on any atom is 0.329 e. The number of rotatable bonds is 5. The standard InChI is InChI=1S/C13H22N2O4S/c16-12(17)9-19-10-3-5-15(6-4-10)13(18)14-8-11-2-1-7-20-11/h10-11H,1-9H2,(H,14,18)(H,16,17). The molecule has 0 radical (unpaired) electrons. The van der Waals surface area contributed by atoms with E-state index in [1.54, 1.807) is 4.90 Å². The Balaban J connectivity index is 1.62. The lowest BCUT2D eigenvalue weighted by Gasteiger charge is -2.31. The number of carbonyl (C=O) groups is 2. The highest BCUT2D eigenvalue weighted by molar-refractivity contribution is 8.00. The molecule has 0 aromatic carbocycles. The van der Waals surface area contributed by atoms with Gasteiger partial charge in [-0.1, -0.05) is 0 Å². The molecule has 2 aliphatic rings. The molecule has 0 aliphatic carbocycles. The molecular formula is C13H22N2O4S. The zero-order valence-electron chi connectivity index (χ0n) is 11.5. The lowest BCUT2D eigenvalue weighted by atomic mass is 10.1. The van der Waals surface area contributed by atoms with E-state index in [0.29, 0.717) is 31.2 Å². The van der Waals surface area contributed by atoms with E-state index in [1.807, 2.05) is 11.8 Å². The number of amides is 2. The normalized spacial score (nSPS) is 23.8. The fraction of sp³-hybridized carbons (Fsp3) is 0.846. The average Bonchev–Trinajstić information content (AvgIpc) is 2.96. The van der Waals surface area contributed by atoms with Crippen LogP contribution in [0.5, 0.6) is 0 Å². The molecule has 0 aromatic rings. The molecule has 2 N–H and O–H groups in total. The molecule has 6 nitrogen and oxygen atoms in total. The Hall–Kier alpha value is -0.950. The minimum absolute atomic E-state index is 0.00538. The van der Waals surface area contributed by atoms with E-state index in [9.17, 15) is 9.59 Å². The van der Waals surface area contributed by atoms with Crippen molar-refractivity contribution in [2.75, 3.05) is 32.0 Å². The van der Waals surface area contributed by atoms with Crippen LogP contribution in [-0.4, -0.2) is 65.4 Å². The summed E-state index contributed by atoms with van der Waals surface area (Å²) in [5.74, 6) is 0.256. The van der Waals surface area contributed by atoms with Crippen LogP contribution in [0, 0.1) is 0 Å². The van der Waals surface area contributed by atoms with Gasteiger partial charge in [0.25, 0.3) is 0 Å². The zero-order chi connectivity index (χ0) is 14.4. The average molecular weight is 302 g/mol. The molecule has 2 saturated heterocycles. The number of hydrogen-bond acceptors (Lipinski definition) is 4. The van der Waals surface area contributed by atoms with Crippen molar-refractivity contribution in [2.24, 2.45) is 0 Å². The third-order valence-electron chi connectivity index (χ3n) is 3.68. The number of aliphatic carboxylic acids is 1. The van der Waals surface area contributed by atoms with Gasteiger partial charge in [0.15, 0.2) is 0 Å². The number of piperidine rings is 1. The SMILES string of the molecule is O=C(O)COC1CCN(C(=O)NCC2CCCS2)CC1. The summed E-state index contributed by atoms with van der Waals surface area (Å²) in [6, 6.07) is -0.00538. The predicted molar refractivity (Wildman–Crippen MR) is 77.1 cm³/mol. The van der Waals surface area contributed by atoms with Crippen LogP contribution in [0.25, 0.3) is 0 Å². The van der Waals surface area contributed by atoms with Crippen LogP contribution in [0.3, 0.4) is 0 Å². The Labute approximate surface area is 123 Å². The summed E-state index contributed by atoms with van der Waals surface area (Å²) in [5, 5.41) is 12.1. The van der Waals surface area contributed by atoms with Crippen molar-refractivity contribution < 1.29 is 19.4 Å². The van der Waals surface area contributed by atoms with Crippen LogP contribution in [0.1, 0.15) is 25.7 Å². The van der Waals surface area contributed by atoms with Gasteiger partial charge in [0.1, 0.15) is 6.61 Å². The smallest absolute Gasteiger partial charge is 0.329 e. The van der Waals surface area contributed by atoms with Gasteiger partial charge in [0, 0.05) is 24.9 Å². The highest BCUT2D eigenvalue weighted by Crippen LogP contribution is 2.25. The molecule has 2 heterocycles. The lowest BCUT2D eigenvalue weighted by Crippen LogP contribution is -2.47. The van der Waals surface area contributed by atoms with E-state index in [4.69, 9.17) is 9.84 Å². The molecule has 2 fully saturated rings. The van der Waals surface area contributed by atoms with Gasteiger partial charge < -0.3 is 20.1 Å². The van der Waals surface area contributed by atoms with Crippen LogP contribution in [0.2, 0.25) is 0 Å². The first-order chi connectivity index (χ1) is 9.65. The number of hydrogen-bond donors (Lipinski definition) is 2. The first kappa shape index (κ1) is 15.4. The van der Waals surface area contributed by atoms with E-state index < -0.39 is 5.97 Å². The molecule has 114 valence electrons. The molecular weight excluding hydrogens is 280 g/mol. The third-order valence-corrected chi connectivity index (χ3v) is 5.07. The van der Waals surface area contributed by atoms with Gasteiger partial charge in [0.05, 0.1) is 6.10 Å². The number of ether oxygens (including phenoxy) is 1. The van der Waals surface area contributed by atoms with Crippen LogP contribution >= 0.6 is 11.8 Å². The topological polar surface area (TPSA) is 78.9 Å². The van der Waals surface area contributed by atoms with E-state index in [1.165, 1.54) is 18.6 Å². The van der Waals surface area contributed by atoms with Crippen molar-refractivity contribution >= 4 is 23.8 Å². The molecule has 2 amide bonds. The first-order valence-electron chi connectivity index (χ1n) is 7.13. The van der Waals surface area contributed by atoms with Gasteiger partial charge in [-0.25, -0.2) is 9.59 Å². The number of nitrogens with one attached hydrogen (secondary N) is 1. The summed E-state index contributed by atoms with van der Waals surface area (Å²) in [6.45, 7) is 1.76. The Kier molecular flexibility index (Phi) is 5.97. The van der Waals surface area contributed by atoms with Crippen molar-refractivity contribution in [3.05, 3.63) is 0 Å². The summed E-state index contributed by atoms with van der Waals surface area (Å²) in [5.41, 5.74) is 0. The fourth-order valence-corrected chi connectivity index (χ4v) is 3.73. The highest BCUT2D eigenvalue weighted by atomic mass is 32.2. The number of likely N-dealkylation sites (tertiary alicyclic amines) is 1. The lowest BCUT2D eigenvalue weighted by molar-refractivity contribution is -0.145. The Morgan fingerprint density at radius 2 is 2.05 bits per heavy atom. The molecule has 0 saturated carbocycles. The molecule has 2 rings (SSSR count). The minimum Gasteiger partial charge on any atom is -0.480 e. The summed E-state index contributed by atoms with van der Waals surface area (Å²) in [7, 11) is 0. The molecule has 0 spiro atoms. The number of carbonyl (C=O) groups excluding carboxylic acids is 1. The summed E-state index contributed by atoms with van der Waals surface area (Å²) >= 11 is 1.93. The van der Waals surface area contributed by atoms with E-state index in [-0.39, 0.29) is 18.7 Å². The van der Waals surface area contributed by atoms with Crippen molar-refractivity contribution in [1.29, 1.82) is 0 Å². The first-order valence-corrected chi connectivity index (χ1v) is 8.18. The molecule has 7 heteroatoms. The van der Waals surface area contributed by atoms with Gasteiger partial charge in [-0.05, 0) is 31.4 Å². The maximum absolute atomic E-state index is 12.0. The van der Waals surface area contributed by atoms with E-state index in [0.717, 1.165) is 6.54 Å². The number of nitrogens with zero attached hydrogens (tertiary/aromatic N) is 1. The number of carboxylic acids is 1. The van der Waals surface area contributed by atoms with Crippen LogP contribution in [-0.2, 0) is 9.53 Å². The summed E-state index contributed by atoms with van der Waals surface area (Å²) in [6.07, 6.45) is 3.81. The number of thioether (sulfide) groups is 1. The minimum atomic E-state index is -0.945. The largest absolute Gasteiger partial charge is 0.480 e. The summed E-state index contributed by atoms with van der Waals surface area (Å²) < 4.78 is 5.25. The van der Waals surface area contributed by atoms with Crippen molar-refractivity contribution in [1.82, 2.24) is 10.2 Å². The Morgan fingerprint density at radius 3 is 2.65 bits per heavy atom. The highest BCUT2D eigenvalue weighted by Gasteiger charge is 2.24. The number of carboxylic acid groups (broad SMARTS) is 1.